The van der Waals surface area contributed by atoms with Crippen LogP contribution in [0.2, 0.25) is 0 Å². The predicted molar refractivity (Wildman–Crippen MR) is 77.1 cm³/mol. The second-order valence-electron chi connectivity index (χ2n) is 6.79. The molecule has 1 aliphatic heterocycles. The van der Waals surface area contributed by atoms with Crippen LogP contribution in [0.1, 0.15) is 66.2 Å². The Morgan fingerprint density at radius 3 is 2.20 bits per heavy atom. The number of hydrogen-bond acceptors (Lipinski definition) is 3. The van der Waals surface area contributed by atoms with Crippen LogP contribution in [0.25, 0.3) is 0 Å². The van der Waals surface area contributed by atoms with Gasteiger partial charge in [0.05, 0.1) is 12.3 Å². The Morgan fingerprint density at radius 2 is 1.70 bits per heavy atom. The first-order chi connectivity index (χ1) is 9.37. The fourth-order valence-corrected chi connectivity index (χ4v) is 3.89. The van der Waals surface area contributed by atoms with Crippen LogP contribution in [-0.4, -0.2) is 34.5 Å². The maximum Gasteiger partial charge on any atom is 0.307 e. The molecule has 1 amide bonds. The molecule has 1 heterocycles. The van der Waals surface area contributed by atoms with E-state index in [1.54, 1.807) is 0 Å². The van der Waals surface area contributed by atoms with Gasteiger partial charge in [-0.15, -0.1) is 0 Å². The number of carbonyl (C=O) groups is 2. The Bertz CT molecular complexity index is 375. The second-order valence-corrected chi connectivity index (χ2v) is 6.79. The Kier molecular flexibility index (Phi) is 4.40. The third-order valence-corrected chi connectivity index (χ3v) is 4.69. The lowest BCUT2D eigenvalue weighted by Crippen LogP contribution is -2.51. The maximum absolute atomic E-state index is 12.9. The minimum atomic E-state index is -0.506. The van der Waals surface area contributed by atoms with Gasteiger partial charge in [-0.25, -0.2) is 0 Å². The SMILES string of the molecule is CC(C)N(C(=O)[C@@H]1CC(=O)OC12CCCCC2)C(C)C. The molecule has 20 heavy (non-hydrogen) atoms. The van der Waals surface area contributed by atoms with Crippen LogP contribution >= 0.6 is 0 Å². The lowest BCUT2D eigenvalue weighted by Gasteiger charge is -2.40. The summed E-state index contributed by atoms with van der Waals surface area (Å²) in [7, 11) is 0. The largest absolute Gasteiger partial charge is 0.458 e. The zero-order chi connectivity index (χ0) is 14.9. The summed E-state index contributed by atoms with van der Waals surface area (Å²) in [5.41, 5.74) is -0.506. The highest BCUT2D eigenvalue weighted by Gasteiger charge is 2.54. The number of rotatable bonds is 3. The molecule has 1 saturated carbocycles. The summed E-state index contributed by atoms with van der Waals surface area (Å²) in [6, 6.07) is 0.303. The smallest absolute Gasteiger partial charge is 0.307 e. The van der Waals surface area contributed by atoms with Gasteiger partial charge in [0.15, 0.2) is 0 Å². The minimum Gasteiger partial charge on any atom is -0.458 e. The Morgan fingerprint density at radius 1 is 1.15 bits per heavy atom. The van der Waals surface area contributed by atoms with Crippen molar-refractivity contribution in [1.82, 2.24) is 4.90 Å². The van der Waals surface area contributed by atoms with Crippen molar-refractivity contribution in [3.8, 4) is 0 Å². The van der Waals surface area contributed by atoms with Crippen LogP contribution < -0.4 is 0 Å². The number of esters is 1. The van der Waals surface area contributed by atoms with Gasteiger partial charge in [0.25, 0.3) is 0 Å². The van der Waals surface area contributed by atoms with Gasteiger partial charge >= 0.3 is 5.97 Å². The van der Waals surface area contributed by atoms with E-state index in [4.69, 9.17) is 4.74 Å². The fourth-order valence-electron chi connectivity index (χ4n) is 3.89. The van der Waals surface area contributed by atoms with Gasteiger partial charge in [0, 0.05) is 12.1 Å². The standard InChI is InChI=1S/C16H27NO3/c1-11(2)17(12(3)4)15(19)13-10-14(18)20-16(13)8-6-5-7-9-16/h11-13H,5-10H2,1-4H3/t13-/m0/s1. The highest BCUT2D eigenvalue weighted by Crippen LogP contribution is 2.45. The molecule has 0 N–H and O–H groups in total. The van der Waals surface area contributed by atoms with Crippen molar-refractivity contribution in [2.45, 2.75) is 83.9 Å². The molecule has 2 fully saturated rings. The molecule has 0 aromatic carbocycles. The quantitative estimate of drug-likeness (QED) is 0.747. The van der Waals surface area contributed by atoms with E-state index in [1.807, 2.05) is 32.6 Å². The Hall–Kier alpha value is -1.06. The molecule has 2 rings (SSSR count). The molecule has 2 aliphatic rings. The summed E-state index contributed by atoms with van der Waals surface area (Å²) in [5.74, 6) is -0.374. The van der Waals surface area contributed by atoms with E-state index in [9.17, 15) is 9.59 Å². The Labute approximate surface area is 121 Å². The van der Waals surface area contributed by atoms with E-state index in [0.29, 0.717) is 0 Å². The van der Waals surface area contributed by atoms with E-state index < -0.39 is 5.60 Å². The molecule has 1 saturated heterocycles. The Balaban J connectivity index is 2.24. The zero-order valence-corrected chi connectivity index (χ0v) is 13.1. The van der Waals surface area contributed by atoms with Gasteiger partial charge in [0.1, 0.15) is 5.60 Å². The van der Waals surface area contributed by atoms with Crippen LogP contribution in [-0.2, 0) is 14.3 Å². The summed E-state index contributed by atoms with van der Waals surface area (Å²) in [6.07, 6.45) is 5.24. The first-order valence-electron chi connectivity index (χ1n) is 7.91. The van der Waals surface area contributed by atoms with Crippen molar-refractivity contribution < 1.29 is 14.3 Å². The monoisotopic (exact) mass is 281 g/mol. The van der Waals surface area contributed by atoms with Crippen molar-refractivity contribution >= 4 is 11.9 Å². The van der Waals surface area contributed by atoms with Crippen molar-refractivity contribution in [2.75, 3.05) is 0 Å². The third kappa shape index (κ3) is 2.70. The first kappa shape index (κ1) is 15.3. The summed E-state index contributed by atoms with van der Waals surface area (Å²) < 4.78 is 5.65. The van der Waals surface area contributed by atoms with Crippen molar-refractivity contribution in [2.24, 2.45) is 5.92 Å². The molecular weight excluding hydrogens is 254 g/mol. The van der Waals surface area contributed by atoms with Crippen LogP contribution in [0.3, 0.4) is 0 Å². The summed E-state index contributed by atoms with van der Waals surface area (Å²) in [5, 5.41) is 0. The average Bonchev–Trinajstić information content (AvgIpc) is 2.65. The highest BCUT2D eigenvalue weighted by atomic mass is 16.6. The molecule has 0 aromatic rings. The van der Waals surface area contributed by atoms with Gasteiger partial charge < -0.3 is 9.64 Å². The molecule has 1 atom stereocenters. The van der Waals surface area contributed by atoms with Crippen molar-refractivity contribution in [3.63, 3.8) is 0 Å². The zero-order valence-electron chi connectivity index (χ0n) is 13.1. The maximum atomic E-state index is 12.9. The number of nitrogens with zero attached hydrogens (tertiary/aromatic N) is 1. The van der Waals surface area contributed by atoms with Gasteiger partial charge in [-0.3, -0.25) is 9.59 Å². The third-order valence-electron chi connectivity index (χ3n) is 4.69. The first-order valence-corrected chi connectivity index (χ1v) is 7.91. The van der Waals surface area contributed by atoms with E-state index in [-0.39, 0.29) is 36.3 Å². The number of carbonyl (C=O) groups excluding carboxylic acids is 2. The molecule has 114 valence electrons. The molecule has 0 aromatic heterocycles. The van der Waals surface area contributed by atoms with Gasteiger partial charge in [-0.05, 0) is 53.4 Å². The number of amides is 1. The topological polar surface area (TPSA) is 46.6 Å². The molecule has 4 nitrogen and oxygen atoms in total. The van der Waals surface area contributed by atoms with Crippen molar-refractivity contribution in [3.05, 3.63) is 0 Å². The van der Waals surface area contributed by atoms with Gasteiger partial charge in [-0.1, -0.05) is 6.42 Å². The van der Waals surface area contributed by atoms with E-state index in [0.717, 1.165) is 25.7 Å². The molecule has 1 spiro atoms. The summed E-state index contributed by atoms with van der Waals surface area (Å²) >= 11 is 0. The van der Waals surface area contributed by atoms with Gasteiger partial charge in [-0.2, -0.15) is 0 Å². The number of hydrogen-bond donors (Lipinski definition) is 0. The van der Waals surface area contributed by atoms with Crippen LogP contribution in [0, 0.1) is 5.92 Å². The van der Waals surface area contributed by atoms with Crippen LogP contribution in [0.5, 0.6) is 0 Å². The predicted octanol–water partition coefficient (Wildman–Crippen LogP) is 2.90. The van der Waals surface area contributed by atoms with E-state index in [1.165, 1.54) is 6.42 Å². The average molecular weight is 281 g/mol. The van der Waals surface area contributed by atoms with Gasteiger partial charge in [0.2, 0.25) is 5.91 Å². The molecular formula is C16H27NO3. The molecule has 0 unspecified atom stereocenters. The molecule has 1 aliphatic carbocycles. The van der Waals surface area contributed by atoms with Crippen molar-refractivity contribution in [1.29, 1.82) is 0 Å². The molecule has 0 radical (unpaired) electrons. The van der Waals surface area contributed by atoms with E-state index in [2.05, 4.69) is 0 Å². The normalized spacial score (nSPS) is 25.3. The summed E-state index contributed by atoms with van der Waals surface area (Å²) in [6.45, 7) is 8.12. The molecule has 4 heteroatoms. The summed E-state index contributed by atoms with van der Waals surface area (Å²) in [4.78, 5) is 26.6. The highest BCUT2D eigenvalue weighted by molar-refractivity contribution is 5.88. The second kappa shape index (κ2) is 5.74. The lowest BCUT2D eigenvalue weighted by molar-refractivity contribution is -0.156. The fraction of sp³-hybridized carbons (Fsp3) is 0.875. The van der Waals surface area contributed by atoms with E-state index >= 15 is 0 Å². The lowest BCUT2D eigenvalue weighted by atomic mass is 9.75. The van der Waals surface area contributed by atoms with Crippen LogP contribution in [0.15, 0.2) is 0 Å². The molecule has 0 bridgehead atoms. The number of ether oxygens (including phenoxy) is 1. The minimum absolute atomic E-state index is 0.0998. The van der Waals surface area contributed by atoms with Crippen LogP contribution in [0.4, 0.5) is 0 Å².